The van der Waals surface area contributed by atoms with Crippen molar-refractivity contribution in [3.05, 3.63) is 0 Å². The van der Waals surface area contributed by atoms with Gasteiger partial charge in [-0.25, -0.2) is 0 Å². The third-order valence-electron chi connectivity index (χ3n) is 3.06. The molecule has 0 spiro atoms. The van der Waals surface area contributed by atoms with E-state index >= 15 is 0 Å². The Morgan fingerprint density at radius 3 is 2.76 bits per heavy atom. The topological polar surface area (TPSA) is 61.4 Å². The van der Waals surface area contributed by atoms with Gasteiger partial charge in [0.05, 0.1) is 12.5 Å². The second-order valence-electron chi connectivity index (χ2n) is 4.48. The van der Waals surface area contributed by atoms with Gasteiger partial charge in [-0.1, -0.05) is 6.92 Å². The Morgan fingerprint density at radius 2 is 2.24 bits per heavy atom. The summed E-state index contributed by atoms with van der Waals surface area (Å²) in [5, 5.41) is 5.80. The molecule has 2 N–H and O–H groups in total. The number of piperidine rings is 1. The van der Waals surface area contributed by atoms with Crippen molar-refractivity contribution in [2.75, 3.05) is 33.2 Å². The van der Waals surface area contributed by atoms with Crippen LogP contribution in [-0.2, 0) is 9.59 Å². The van der Waals surface area contributed by atoms with Crippen LogP contribution in [0.3, 0.4) is 0 Å². The van der Waals surface area contributed by atoms with Crippen LogP contribution in [0, 0.1) is 5.92 Å². The van der Waals surface area contributed by atoms with Gasteiger partial charge in [0.2, 0.25) is 11.8 Å². The number of amides is 2. The molecule has 1 aliphatic heterocycles. The average Bonchev–Trinajstić information content (AvgIpc) is 2.38. The van der Waals surface area contributed by atoms with E-state index in [1.165, 1.54) is 0 Å². The lowest BCUT2D eigenvalue weighted by Crippen LogP contribution is -2.46. The van der Waals surface area contributed by atoms with Crippen molar-refractivity contribution in [2.24, 2.45) is 5.92 Å². The van der Waals surface area contributed by atoms with E-state index in [9.17, 15) is 9.59 Å². The molecule has 5 nitrogen and oxygen atoms in total. The molecule has 0 aliphatic carbocycles. The SMILES string of the molecule is CCCN(CC(=O)NC)C(=O)[C@H]1CCCNC1. The molecular formula is C12H23N3O2. The Hall–Kier alpha value is -1.10. The predicted molar refractivity (Wildman–Crippen MR) is 66.5 cm³/mol. The molecule has 0 aromatic carbocycles. The Balaban J connectivity index is 2.55. The van der Waals surface area contributed by atoms with Crippen LogP contribution in [0.15, 0.2) is 0 Å². The molecule has 1 aliphatic rings. The summed E-state index contributed by atoms with van der Waals surface area (Å²) < 4.78 is 0. The second kappa shape index (κ2) is 7.27. The minimum absolute atomic E-state index is 0.0416. The fraction of sp³-hybridized carbons (Fsp3) is 0.833. The lowest BCUT2D eigenvalue weighted by Gasteiger charge is -2.29. The smallest absolute Gasteiger partial charge is 0.239 e. The summed E-state index contributed by atoms with van der Waals surface area (Å²) in [5.41, 5.74) is 0. The minimum atomic E-state index is -0.101. The number of hydrogen-bond donors (Lipinski definition) is 2. The first-order chi connectivity index (χ1) is 8.19. The van der Waals surface area contributed by atoms with Crippen molar-refractivity contribution in [1.29, 1.82) is 0 Å². The highest BCUT2D eigenvalue weighted by Crippen LogP contribution is 2.13. The highest BCUT2D eigenvalue weighted by atomic mass is 16.2. The number of carbonyl (C=O) groups excluding carboxylic acids is 2. The maximum atomic E-state index is 12.2. The molecule has 1 fully saturated rings. The van der Waals surface area contributed by atoms with Crippen LogP contribution < -0.4 is 10.6 Å². The molecule has 1 heterocycles. The van der Waals surface area contributed by atoms with Crippen molar-refractivity contribution in [3.63, 3.8) is 0 Å². The normalized spacial score (nSPS) is 19.8. The number of nitrogens with one attached hydrogen (secondary N) is 2. The van der Waals surface area contributed by atoms with E-state index < -0.39 is 0 Å². The first kappa shape index (κ1) is 14.0. The molecular weight excluding hydrogens is 218 g/mol. The van der Waals surface area contributed by atoms with Gasteiger partial charge in [0, 0.05) is 20.1 Å². The van der Waals surface area contributed by atoms with Crippen LogP contribution >= 0.6 is 0 Å². The summed E-state index contributed by atoms with van der Waals surface area (Å²) in [6.07, 6.45) is 2.85. The predicted octanol–water partition coefficient (Wildman–Crippen LogP) is -0.0294. The summed E-state index contributed by atoms with van der Waals surface area (Å²) in [6, 6.07) is 0. The molecule has 0 radical (unpaired) electrons. The largest absolute Gasteiger partial charge is 0.358 e. The van der Waals surface area contributed by atoms with E-state index in [0.29, 0.717) is 6.54 Å². The third kappa shape index (κ3) is 4.34. The zero-order valence-electron chi connectivity index (χ0n) is 10.8. The number of rotatable bonds is 5. The minimum Gasteiger partial charge on any atom is -0.358 e. The fourth-order valence-corrected chi connectivity index (χ4v) is 2.11. The highest BCUT2D eigenvalue weighted by molar-refractivity contribution is 5.85. The van der Waals surface area contributed by atoms with Crippen LogP contribution in [0.5, 0.6) is 0 Å². The Morgan fingerprint density at radius 1 is 1.47 bits per heavy atom. The van der Waals surface area contributed by atoms with Crippen LogP contribution in [0.2, 0.25) is 0 Å². The Kier molecular flexibility index (Phi) is 5.97. The molecule has 1 saturated heterocycles. The molecule has 1 atom stereocenters. The standard InChI is InChI=1S/C12H23N3O2/c1-3-7-15(9-11(16)13-2)12(17)10-5-4-6-14-8-10/h10,14H,3-9H2,1-2H3,(H,13,16)/t10-/m0/s1. The molecule has 0 aromatic rings. The van der Waals surface area contributed by atoms with E-state index in [4.69, 9.17) is 0 Å². The molecule has 1 rings (SSSR count). The third-order valence-corrected chi connectivity index (χ3v) is 3.06. The summed E-state index contributed by atoms with van der Waals surface area (Å²) in [4.78, 5) is 25.3. The summed E-state index contributed by atoms with van der Waals surface area (Å²) in [7, 11) is 1.60. The van der Waals surface area contributed by atoms with Crippen LogP contribution in [0.25, 0.3) is 0 Å². The first-order valence-electron chi connectivity index (χ1n) is 6.39. The van der Waals surface area contributed by atoms with Crippen molar-refractivity contribution in [2.45, 2.75) is 26.2 Å². The number of carbonyl (C=O) groups is 2. The maximum Gasteiger partial charge on any atom is 0.239 e. The van der Waals surface area contributed by atoms with Crippen molar-refractivity contribution < 1.29 is 9.59 Å². The van der Waals surface area contributed by atoms with Crippen molar-refractivity contribution in [1.82, 2.24) is 15.5 Å². The molecule has 0 aromatic heterocycles. The second-order valence-corrected chi connectivity index (χ2v) is 4.48. The fourth-order valence-electron chi connectivity index (χ4n) is 2.11. The van der Waals surface area contributed by atoms with Crippen molar-refractivity contribution in [3.8, 4) is 0 Å². The van der Waals surface area contributed by atoms with Gasteiger partial charge in [-0.2, -0.15) is 0 Å². The van der Waals surface area contributed by atoms with Gasteiger partial charge in [-0.05, 0) is 25.8 Å². The molecule has 0 unspecified atom stereocenters. The lowest BCUT2D eigenvalue weighted by molar-refractivity contribution is -0.139. The quantitative estimate of drug-likeness (QED) is 0.710. The van der Waals surface area contributed by atoms with E-state index in [-0.39, 0.29) is 24.3 Å². The lowest BCUT2D eigenvalue weighted by atomic mass is 9.98. The van der Waals surface area contributed by atoms with Crippen LogP contribution in [0.1, 0.15) is 26.2 Å². The molecule has 2 amide bonds. The zero-order chi connectivity index (χ0) is 12.7. The van der Waals surface area contributed by atoms with E-state index in [0.717, 1.165) is 32.4 Å². The number of hydrogen-bond acceptors (Lipinski definition) is 3. The molecule has 0 saturated carbocycles. The summed E-state index contributed by atoms with van der Waals surface area (Å²) in [5.74, 6) is 0.0539. The maximum absolute atomic E-state index is 12.2. The van der Waals surface area contributed by atoms with E-state index in [2.05, 4.69) is 10.6 Å². The van der Waals surface area contributed by atoms with Gasteiger partial charge in [-0.3, -0.25) is 9.59 Å². The van der Waals surface area contributed by atoms with E-state index in [1.807, 2.05) is 6.92 Å². The molecule has 5 heteroatoms. The van der Waals surface area contributed by atoms with E-state index in [1.54, 1.807) is 11.9 Å². The van der Waals surface area contributed by atoms with Crippen LogP contribution in [0.4, 0.5) is 0 Å². The first-order valence-corrected chi connectivity index (χ1v) is 6.39. The van der Waals surface area contributed by atoms with Gasteiger partial charge in [0.1, 0.15) is 0 Å². The Bertz CT molecular complexity index is 262. The number of nitrogens with zero attached hydrogens (tertiary/aromatic N) is 1. The van der Waals surface area contributed by atoms with Gasteiger partial charge < -0.3 is 15.5 Å². The molecule has 98 valence electrons. The van der Waals surface area contributed by atoms with Gasteiger partial charge in [-0.15, -0.1) is 0 Å². The molecule has 17 heavy (non-hydrogen) atoms. The number of likely N-dealkylation sites (N-methyl/N-ethyl adjacent to an activating group) is 1. The summed E-state index contributed by atoms with van der Waals surface area (Å²) >= 11 is 0. The van der Waals surface area contributed by atoms with Gasteiger partial charge in [0.25, 0.3) is 0 Å². The van der Waals surface area contributed by atoms with Crippen molar-refractivity contribution >= 4 is 11.8 Å². The molecule has 0 bridgehead atoms. The zero-order valence-corrected chi connectivity index (χ0v) is 10.8. The average molecular weight is 241 g/mol. The van der Waals surface area contributed by atoms with Gasteiger partial charge in [0.15, 0.2) is 0 Å². The van der Waals surface area contributed by atoms with Crippen LogP contribution in [-0.4, -0.2) is 49.9 Å². The Labute approximate surface area is 103 Å². The monoisotopic (exact) mass is 241 g/mol. The summed E-state index contributed by atoms with van der Waals surface area (Å²) in [6.45, 7) is 4.59. The van der Waals surface area contributed by atoms with Gasteiger partial charge >= 0.3 is 0 Å². The highest BCUT2D eigenvalue weighted by Gasteiger charge is 2.26.